The van der Waals surface area contributed by atoms with Gasteiger partial charge < -0.3 is 4.98 Å². The molecule has 0 aliphatic rings. The minimum atomic E-state index is 0.643. The zero-order valence-corrected chi connectivity index (χ0v) is 13.9. The number of hydrogen-bond donors (Lipinski definition) is 1. The van der Waals surface area contributed by atoms with Crippen molar-refractivity contribution in [3.05, 3.63) is 75.8 Å². The molecule has 0 spiro atoms. The third kappa shape index (κ3) is 4.03. The van der Waals surface area contributed by atoms with Crippen LogP contribution in [0.3, 0.4) is 0 Å². The van der Waals surface area contributed by atoms with E-state index in [2.05, 4.69) is 15.0 Å². The van der Waals surface area contributed by atoms with Gasteiger partial charge in [-0.15, -0.1) is 0 Å². The standard InChI is InChI=1S/C16H13Cl2N3S/c17-12-5-4-11(15(18)8-12)7-14-9-20-16(21-14)22-10-13-3-1-2-6-19-13/h1-6,8-9H,7,10H2,(H,20,21). The zero-order chi connectivity index (χ0) is 15.4. The maximum Gasteiger partial charge on any atom is 0.165 e. The van der Waals surface area contributed by atoms with Crippen LogP contribution in [0.25, 0.3) is 0 Å². The molecule has 3 aromatic rings. The van der Waals surface area contributed by atoms with Gasteiger partial charge in [-0.25, -0.2) is 4.98 Å². The molecule has 6 heteroatoms. The van der Waals surface area contributed by atoms with Crippen molar-refractivity contribution in [1.29, 1.82) is 0 Å². The molecule has 1 aromatic carbocycles. The van der Waals surface area contributed by atoms with Crippen molar-refractivity contribution in [2.45, 2.75) is 17.3 Å². The number of benzene rings is 1. The van der Waals surface area contributed by atoms with Crippen molar-refractivity contribution in [3.63, 3.8) is 0 Å². The van der Waals surface area contributed by atoms with Gasteiger partial charge in [-0.2, -0.15) is 0 Å². The zero-order valence-electron chi connectivity index (χ0n) is 11.6. The molecule has 0 fully saturated rings. The molecule has 0 aliphatic heterocycles. The van der Waals surface area contributed by atoms with E-state index in [9.17, 15) is 0 Å². The average Bonchev–Trinajstić information content (AvgIpc) is 2.97. The van der Waals surface area contributed by atoms with E-state index in [0.29, 0.717) is 16.5 Å². The molecular formula is C16H13Cl2N3S. The smallest absolute Gasteiger partial charge is 0.165 e. The number of hydrogen-bond acceptors (Lipinski definition) is 3. The first kappa shape index (κ1) is 15.4. The van der Waals surface area contributed by atoms with Crippen molar-refractivity contribution in [2.75, 3.05) is 0 Å². The lowest BCUT2D eigenvalue weighted by Crippen LogP contribution is -1.90. The van der Waals surface area contributed by atoms with Crippen LogP contribution < -0.4 is 0 Å². The highest BCUT2D eigenvalue weighted by atomic mass is 35.5. The molecule has 3 nitrogen and oxygen atoms in total. The monoisotopic (exact) mass is 349 g/mol. The average molecular weight is 350 g/mol. The molecule has 0 bridgehead atoms. The predicted octanol–water partition coefficient (Wildman–Crippen LogP) is 4.99. The molecule has 0 aliphatic carbocycles. The highest BCUT2D eigenvalue weighted by Gasteiger charge is 2.06. The fraction of sp³-hybridized carbons (Fsp3) is 0.125. The number of imidazole rings is 1. The molecule has 1 N–H and O–H groups in total. The first-order chi connectivity index (χ1) is 10.7. The molecular weight excluding hydrogens is 337 g/mol. The molecule has 0 saturated carbocycles. The van der Waals surface area contributed by atoms with Crippen LogP contribution in [0.1, 0.15) is 17.0 Å². The van der Waals surface area contributed by atoms with Gasteiger partial charge in [0, 0.05) is 40.3 Å². The normalized spacial score (nSPS) is 10.8. The summed E-state index contributed by atoms with van der Waals surface area (Å²) in [6, 6.07) is 11.4. The summed E-state index contributed by atoms with van der Waals surface area (Å²) in [6.07, 6.45) is 4.34. The summed E-state index contributed by atoms with van der Waals surface area (Å²) in [6.45, 7) is 0. The number of nitrogens with zero attached hydrogens (tertiary/aromatic N) is 2. The van der Waals surface area contributed by atoms with Crippen LogP contribution in [0.15, 0.2) is 53.9 Å². The lowest BCUT2D eigenvalue weighted by molar-refractivity contribution is 1.01. The van der Waals surface area contributed by atoms with Crippen LogP contribution >= 0.6 is 35.0 Å². The van der Waals surface area contributed by atoms with E-state index in [4.69, 9.17) is 23.2 Å². The maximum absolute atomic E-state index is 6.20. The first-order valence-corrected chi connectivity index (χ1v) is 8.45. The van der Waals surface area contributed by atoms with Crippen molar-refractivity contribution in [2.24, 2.45) is 0 Å². The number of pyridine rings is 1. The SMILES string of the molecule is Clc1ccc(Cc2cnc(SCc3ccccn3)[nH]2)c(Cl)c1. The molecule has 0 saturated heterocycles. The molecule has 0 unspecified atom stereocenters. The number of H-pyrrole nitrogens is 1. The fourth-order valence-electron chi connectivity index (χ4n) is 2.00. The Morgan fingerprint density at radius 3 is 2.77 bits per heavy atom. The molecule has 2 aromatic heterocycles. The van der Waals surface area contributed by atoms with E-state index in [1.165, 1.54) is 0 Å². The molecule has 0 amide bonds. The second-order valence-electron chi connectivity index (χ2n) is 4.74. The number of rotatable bonds is 5. The third-order valence-corrected chi connectivity index (χ3v) is 4.59. The topological polar surface area (TPSA) is 41.6 Å². The first-order valence-electron chi connectivity index (χ1n) is 6.71. The molecule has 22 heavy (non-hydrogen) atoms. The van der Waals surface area contributed by atoms with Crippen LogP contribution in [-0.2, 0) is 12.2 Å². The van der Waals surface area contributed by atoms with E-state index in [0.717, 1.165) is 27.9 Å². The van der Waals surface area contributed by atoms with Crippen LogP contribution in [0.5, 0.6) is 0 Å². The summed E-state index contributed by atoms with van der Waals surface area (Å²) >= 11 is 13.7. The molecule has 0 radical (unpaired) electrons. The highest BCUT2D eigenvalue weighted by Crippen LogP contribution is 2.24. The number of aromatic amines is 1. The Morgan fingerprint density at radius 1 is 1.09 bits per heavy atom. The lowest BCUT2D eigenvalue weighted by atomic mass is 10.1. The summed E-state index contributed by atoms with van der Waals surface area (Å²) in [5.41, 5.74) is 3.08. The van der Waals surface area contributed by atoms with E-state index in [1.54, 1.807) is 24.0 Å². The van der Waals surface area contributed by atoms with Crippen molar-refractivity contribution in [3.8, 4) is 0 Å². The molecule has 0 atom stereocenters. The summed E-state index contributed by atoms with van der Waals surface area (Å²) in [7, 11) is 0. The van der Waals surface area contributed by atoms with Gasteiger partial charge in [0.05, 0.1) is 5.69 Å². The Kier molecular flexibility index (Phi) is 5.03. The Hall–Kier alpha value is -1.49. The molecule has 112 valence electrons. The van der Waals surface area contributed by atoms with Gasteiger partial charge in [-0.05, 0) is 29.8 Å². The van der Waals surface area contributed by atoms with Gasteiger partial charge in [0.15, 0.2) is 5.16 Å². The minimum Gasteiger partial charge on any atom is -0.337 e. The largest absolute Gasteiger partial charge is 0.337 e. The van der Waals surface area contributed by atoms with Gasteiger partial charge in [-0.1, -0.05) is 47.1 Å². The number of aromatic nitrogens is 3. The van der Waals surface area contributed by atoms with E-state index >= 15 is 0 Å². The summed E-state index contributed by atoms with van der Waals surface area (Å²) in [5, 5.41) is 2.19. The Morgan fingerprint density at radius 2 is 2.00 bits per heavy atom. The molecule has 3 rings (SSSR count). The van der Waals surface area contributed by atoms with Gasteiger partial charge in [0.2, 0.25) is 0 Å². The van der Waals surface area contributed by atoms with Gasteiger partial charge in [0.25, 0.3) is 0 Å². The Balaban J connectivity index is 1.63. The predicted molar refractivity (Wildman–Crippen MR) is 91.7 cm³/mol. The summed E-state index contributed by atoms with van der Waals surface area (Å²) in [4.78, 5) is 12.0. The van der Waals surface area contributed by atoms with Crippen LogP contribution in [0.2, 0.25) is 10.0 Å². The second kappa shape index (κ2) is 7.18. The van der Waals surface area contributed by atoms with Gasteiger partial charge in [-0.3, -0.25) is 4.98 Å². The van der Waals surface area contributed by atoms with Crippen molar-refractivity contribution in [1.82, 2.24) is 15.0 Å². The fourth-order valence-corrected chi connectivity index (χ4v) is 3.26. The summed E-state index contributed by atoms with van der Waals surface area (Å²) in [5.74, 6) is 0.787. The van der Waals surface area contributed by atoms with Crippen LogP contribution in [0, 0.1) is 0 Å². The van der Waals surface area contributed by atoms with Crippen molar-refractivity contribution < 1.29 is 0 Å². The quantitative estimate of drug-likeness (QED) is 0.659. The van der Waals surface area contributed by atoms with Gasteiger partial charge in [0.1, 0.15) is 0 Å². The summed E-state index contributed by atoms with van der Waals surface area (Å²) < 4.78 is 0. The number of nitrogens with one attached hydrogen (secondary N) is 1. The maximum atomic E-state index is 6.20. The van der Waals surface area contributed by atoms with Gasteiger partial charge >= 0.3 is 0 Å². The van der Waals surface area contributed by atoms with E-state index in [1.807, 2.05) is 36.5 Å². The number of halogens is 2. The Bertz CT molecular complexity index is 759. The third-order valence-electron chi connectivity index (χ3n) is 3.08. The number of thioether (sulfide) groups is 1. The highest BCUT2D eigenvalue weighted by molar-refractivity contribution is 7.98. The van der Waals surface area contributed by atoms with Crippen molar-refractivity contribution >= 4 is 35.0 Å². The van der Waals surface area contributed by atoms with Crippen LogP contribution in [0.4, 0.5) is 0 Å². The molecule has 2 heterocycles. The minimum absolute atomic E-state index is 0.643. The second-order valence-corrected chi connectivity index (χ2v) is 6.54. The van der Waals surface area contributed by atoms with Crippen LogP contribution in [-0.4, -0.2) is 15.0 Å². The van der Waals surface area contributed by atoms with E-state index < -0.39 is 0 Å². The lowest BCUT2D eigenvalue weighted by Gasteiger charge is -2.03. The Labute approximate surface area is 143 Å². The van der Waals surface area contributed by atoms with E-state index in [-0.39, 0.29) is 0 Å².